The molecule has 0 amide bonds. The first-order chi connectivity index (χ1) is 15.1. The van der Waals surface area contributed by atoms with Crippen molar-refractivity contribution in [3.63, 3.8) is 0 Å². The molecule has 2 N–H and O–H groups in total. The largest absolute Gasteiger partial charge is 0.497 e. The van der Waals surface area contributed by atoms with Crippen molar-refractivity contribution in [2.24, 2.45) is 5.10 Å². The SMILES string of the molecule is COc1ccc(-c2c/c(=N\Nc3nc4ccccc4[nH]3)c3cc(Cl)cc(Cl)c3o2)cc1. The number of nitrogens with zero attached hydrogens (tertiary/aromatic N) is 2. The van der Waals surface area contributed by atoms with E-state index in [1.54, 1.807) is 19.2 Å². The fourth-order valence-corrected chi connectivity index (χ4v) is 3.84. The van der Waals surface area contributed by atoms with E-state index in [0.717, 1.165) is 22.3 Å². The second-order valence-corrected chi connectivity index (χ2v) is 7.66. The van der Waals surface area contributed by atoms with Gasteiger partial charge in [0.25, 0.3) is 0 Å². The first kappa shape index (κ1) is 19.5. The predicted molar refractivity (Wildman–Crippen MR) is 124 cm³/mol. The number of benzene rings is 3. The molecular weight excluding hydrogens is 435 g/mol. The number of halogens is 2. The third kappa shape index (κ3) is 3.83. The minimum atomic E-state index is 0.401. The van der Waals surface area contributed by atoms with Crippen LogP contribution < -0.4 is 15.5 Å². The van der Waals surface area contributed by atoms with Crippen LogP contribution in [0.4, 0.5) is 5.95 Å². The van der Waals surface area contributed by atoms with Gasteiger partial charge in [-0.05, 0) is 48.5 Å². The van der Waals surface area contributed by atoms with E-state index in [0.29, 0.717) is 38.1 Å². The second-order valence-electron chi connectivity index (χ2n) is 6.81. The third-order valence-corrected chi connectivity index (χ3v) is 5.31. The third-order valence-electron chi connectivity index (χ3n) is 4.81. The minimum absolute atomic E-state index is 0.401. The molecule has 0 saturated carbocycles. The van der Waals surface area contributed by atoms with E-state index in [4.69, 9.17) is 32.4 Å². The van der Waals surface area contributed by atoms with E-state index in [1.807, 2.05) is 54.6 Å². The number of methoxy groups -OCH3 is 1. The molecule has 0 unspecified atom stereocenters. The van der Waals surface area contributed by atoms with Crippen molar-refractivity contribution >= 4 is 51.2 Å². The summed E-state index contributed by atoms with van der Waals surface area (Å²) in [6, 6.07) is 20.5. The molecule has 5 rings (SSSR count). The fraction of sp³-hybridized carbons (Fsp3) is 0.0435. The molecule has 8 heteroatoms. The summed E-state index contributed by atoms with van der Waals surface area (Å²) in [5, 5.41) is 6.74. The molecule has 0 fully saturated rings. The van der Waals surface area contributed by atoms with E-state index in [2.05, 4.69) is 20.5 Å². The number of ether oxygens (including phenoxy) is 1. The van der Waals surface area contributed by atoms with Gasteiger partial charge < -0.3 is 14.1 Å². The highest BCUT2D eigenvalue weighted by atomic mass is 35.5. The summed E-state index contributed by atoms with van der Waals surface area (Å²) in [7, 11) is 1.62. The molecule has 5 aromatic rings. The Morgan fingerprint density at radius 3 is 2.61 bits per heavy atom. The quantitative estimate of drug-likeness (QED) is 0.318. The standard InChI is InChI=1S/C23H16Cl2N4O2/c1-30-15-8-6-13(7-9-15)21-12-20(16-10-14(24)11-17(25)22(16)31-21)28-29-23-26-18-4-2-3-5-19(18)27-23/h2-12H,1H3,(H2,26,27,29)/b28-20+. The lowest BCUT2D eigenvalue weighted by Gasteiger charge is -2.08. The van der Waals surface area contributed by atoms with E-state index in [1.165, 1.54) is 0 Å². The maximum absolute atomic E-state index is 6.43. The molecule has 154 valence electrons. The number of hydrogen-bond acceptors (Lipinski definition) is 5. The van der Waals surface area contributed by atoms with Gasteiger partial charge in [0.15, 0.2) is 5.58 Å². The predicted octanol–water partition coefficient (Wildman–Crippen LogP) is 6.22. The van der Waals surface area contributed by atoms with Crippen molar-refractivity contribution in [2.45, 2.75) is 0 Å². The van der Waals surface area contributed by atoms with Gasteiger partial charge in [-0.25, -0.2) is 10.4 Å². The number of imidazole rings is 1. The zero-order valence-corrected chi connectivity index (χ0v) is 17.8. The Hall–Kier alpha value is -3.48. The van der Waals surface area contributed by atoms with Crippen LogP contribution in [0.3, 0.4) is 0 Å². The normalized spacial score (nSPS) is 11.9. The highest BCUT2D eigenvalue weighted by Gasteiger charge is 2.11. The Morgan fingerprint density at radius 1 is 1.03 bits per heavy atom. The summed E-state index contributed by atoms with van der Waals surface area (Å²) in [4.78, 5) is 7.68. The molecule has 0 aliphatic carbocycles. The number of nitrogens with one attached hydrogen (secondary N) is 2. The lowest BCUT2D eigenvalue weighted by atomic mass is 10.1. The van der Waals surface area contributed by atoms with Gasteiger partial charge in [0.2, 0.25) is 5.95 Å². The van der Waals surface area contributed by atoms with Crippen LogP contribution in [-0.4, -0.2) is 17.1 Å². The van der Waals surface area contributed by atoms with E-state index in [-0.39, 0.29) is 0 Å². The smallest absolute Gasteiger partial charge is 0.222 e. The van der Waals surface area contributed by atoms with E-state index >= 15 is 0 Å². The van der Waals surface area contributed by atoms with E-state index in [9.17, 15) is 0 Å². The number of anilines is 1. The highest BCUT2D eigenvalue weighted by molar-refractivity contribution is 6.38. The zero-order valence-electron chi connectivity index (χ0n) is 16.3. The van der Waals surface area contributed by atoms with Crippen molar-refractivity contribution in [1.82, 2.24) is 9.97 Å². The lowest BCUT2D eigenvalue weighted by Crippen LogP contribution is -2.08. The van der Waals surface area contributed by atoms with Crippen LogP contribution in [0.5, 0.6) is 5.75 Å². The van der Waals surface area contributed by atoms with Gasteiger partial charge in [-0.1, -0.05) is 35.3 Å². The van der Waals surface area contributed by atoms with Gasteiger partial charge in [-0.2, -0.15) is 5.10 Å². The van der Waals surface area contributed by atoms with Gasteiger partial charge in [-0.3, -0.25) is 0 Å². The number of rotatable bonds is 4. The van der Waals surface area contributed by atoms with Crippen LogP contribution in [0, 0.1) is 0 Å². The number of aromatic nitrogens is 2. The highest BCUT2D eigenvalue weighted by Crippen LogP contribution is 2.30. The molecule has 3 aromatic carbocycles. The number of para-hydroxylation sites is 2. The maximum atomic E-state index is 6.43. The van der Waals surface area contributed by atoms with Crippen LogP contribution in [-0.2, 0) is 0 Å². The zero-order chi connectivity index (χ0) is 21.4. The average molecular weight is 451 g/mol. The molecule has 0 spiro atoms. The van der Waals surface area contributed by atoms with Crippen LogP contribution in [0.25, 0.3) is 33.3 Å². The Labute approximate surface area is 187 Å². The number of aromatic amines is 1. The summed E-state index contributed by atoms with van der Waals surface area (Å²) >= 11 is 12.7. The first-order valence-corrected chi connectivity index (χ1v) is 10.2. The van der Waals surface area contributed by atoms with Gasteiger partial charge in [0.05, 0.1) is 28.5 Å². The Kier molecular flexibility index (Phi) is 5.02. The molecule has 0 bridgehead atoms. The summed E-state index contributed by atoms with van der Waals surface area (Å²) in [6.45, 7) is 0. The molecule has 0 saturated heterocycles. The van der Waals surface area contributed by atoms with Crippen molar-refractivity contribution in [1.29, 1.82) is 0 Å². The van der Waals surface area contributed by atoms with Crippen molar-refractivity contribution in [3.8, 4) is 17.1 Å². The maximum Gasteiger partial charge on any atom is 0.222 e. The van der Waals surface area contributed by atoms with Gasteiger partial charge in [0.1, 0.15) is 11.5 Å². The number of H-pyrrole nitrogens is 1. The Bertz CT molecular complexity index is 1440. The Morgan fingerprint density at radius 2 is 1.84 bits per heavy atom. The van der Waals surface area contributed by atoms with Crippen molar-refractivity contribution < 1.29 is 9.15 Å². The van der Waals surface area contributed by atoms with Gasteiger partial charge >= 0.3 is 0 Å². The second kappa shape index (κ2) is 7.98. The first-order valence-electron chi connectivity index (χ1n) is 9.42. The van der Waals surface area contributed by atoms with Crippen LogP contribution >= 0.6 is 23.2 Å². The van der Waals surface area contributed by atoms with Gasteiger partial charge in [0, 0.05) is 22.0 Å². The number of fused-ring (bicyclic) bond motifs is 2. The monoisotopic (exact) mass is 450 g/mol. The van der Waals surface area contributed by atoms with Crippen LogP contribution in [0.15, 0.2) is 76.2 Å². The van der Waals surface area contributed by atoms with E-state index < -0.39 is 0 Å². The molecule has 31 heavy (non-hydrogen) atoms. The molecule has 0 atom stereocenters. The molecule has 0 aliphatic rings. The Balaban J connectivity index is 1.66. The molecular formula is C23H16Cl2N4O2. The molecule has 0 aliphatic heterocycles. The van der Waals surface area contributed by atoms with Gasteiger partial charge in [-0.15, -0.1) is 0 Å². The minimum Gasteiger partial charge on any atom is -0.497 e. The fourth-order valence-electron chi connectivity index (χ4n) is 3.30. The molecule has 2 heterocycles. The molecule has 0 radical (unpaired) electrons. The lowest BCUT2D eigenvalue weighted by molar-refractivity contribution is 0.415. The summed E-state index contributed by atoms with van der Waals surface area (Å²) in [5.41, 5.74) is 6.10. The molecule has 2 aromatic heterocycles. The average Bonchev–Trinajstić information content (AvgIpc) is 3.21. The van der Waals surface area contributed by atoms with Crippen LogP contribution in [0.2, 0.25) is 10.0 Å². The summed E-state index contributed by atoms with van der Waals surface area (Å²) in [5.74, 6) is 1.88. The van der Waals surface area contributed by atoms with Crippen molar-refractivity contribution in [3.05, 3.63) is 82.1 Å². The van der Waals surface area contributed by atoms with Crippen molar-refractivity contribution in [2.75, 3.05) is 12.5 Å². The molecule has 6 nitrogen and oxygen atoms in total. The summed E-state index contributed by atoms with van der Waals surface area (Å²) in [6.07, 6.45) is 0. The number of hydrogen-bond donors (Lipinski definition) is 2. The topological polar surface area (TPSA) is 75.4 Å². The van der Waals surface area contributed by atoms with Crippen LogP contribution in [0.1, 0.15) is 0 Å². The summed E-state index contributed by atoms with van der Waals surface area (Å²) < 4.78 is 11.3.